The largest absolute Gasteiger partial charge is 0.485 e. The number of nitrogens with two attached hydrogens (primary N) is 1. The Morgan fingerprint density at radius 2 is 1.82 bits per heavy atom. The summed E-state index contributed by atoms with van der Waals surface area (Å²) in [6.07, 6.45) is 0.372. The molecule has 3 aromatic rings. The number of rotatable bonds is 7. The van der Waals surface area contributed by atoms with E-state index in [9.17, 15) is 22.0 Å². The summed E-state index contributed by atoms with van der Waals surface area (Å²) in [5.74, 6) is -2.80. The average molecular weight is 560 g/mol. The molecular weight excluding hydrogens is 528 g/mol. The molecule has 12 heteroatoms. The number of pyridine rings is 2. The van der Waals surface area contributed by atoms with E-state index in [4.69, 9.17) is 10.5 Å². The molecule has 2 aromatic heterocycles. The Morgan fingerprint density at radius 1 is 1.15 bits per heavy atom. The van der Waals surface area contributed by atoms with Gasteiger partial charge in [-0.3, -0.25) is 4.79 Å². The van der Waals surface area contributed by atoms with Crippen LogP contribution in [-0.2, 0) is 10.0 Å². The monoisotopic (exact) mass is 559 g/mol. The number of nitrogens with one attached hydrogen (secondary N) is 1. The predicted octanol–water partition coefficient (Wildman–Crippen LogP) is 4.53. The van der Waals surface area contributed by atoms with Crippen LogP contribution in [0.3, 0.4) is 0 Å². The fraction of sp³-hybridized carbons (Fsp3) is 0.370. The van der Waals surface area contributed by atoms with Gasteiger partial charge < -0.3 is 15.4 Å². The minimum atomic E-state index is -4.35. The predicted molar refractivity (Wildman–Crippen MR) is 144 cm³/mol. The minimum absolute atomic E-state index is 0.0193. The SMILES string of the molecule is CC(C)Oc1c(F)cc(-c2ccc(C(=O)NS(=O)(=O)c3cccc(N)n3)c(N3CCC(C)C3(C)C)n2)cc1F. The number of aromatic nitrogens is 2. The van der Waals surface area contributed by atoms with Crippen LogP contribution in [0, 0.1) is 17.6 Å². The average Bonchev–Trinajstić information content (AvgIpc) is 3.12. The number of anilines is 2. The van der Waals surface area contributed by atoms with Crippen LogP contribution in [0.5, 0.6) is 5.75 Å². The first kappa shape index (κ1) is 28.2. The van der Waals surface area contributed by atoms with E-state index in [-0.39, 0.29) is 34.4 Å². The quantitative estimate of drug-likeness (QED) is 0.432. The smallest absolute Gasteiger partial charge is 0.281 e. The molecule has 3 N–H and O–H groups in total. The van der Waals surface area contributed by atoms with Crippen LogP contribution in [0.15, 0.2) is 47.5 Å². The lowest BCUT2D eigenvalue weighted by Gasteiger charge is -2.36. The van der Waals surface area contributed by atoms with Crippen molar-refractivity contribution in [3.8, 4) is 17.0 Å². The van der Waals surface area contributed by atoms with Crippen LogP contribution in [0.25, 0.3) is 11.3 Å². The van der Waals surface area contributed by atoms with Crippen molar-refractivity contribution < 1.29 is 26.7 Å². The third-order valence-electron chi connectivity index (χ3n) is 6.96. The highest BCUT2D eigenvalue weighted by molar-refractivity contribution is 7.90. The van der Waals surface area contributed by atoms with Crippen molar-refractivity contribution in [1.82, 2.24) is 14.7 Å². The number of hydrogen-bond donors (Lipinski definition) is 2. The molecule has 4 rings (SSSR count). The maximum Gasteiger partial charge on any atom is 0.281 e. The Morgan fingerprint density at radius 3 is 2.38 bits per heavy atom. The molecule has 9 nitrogen and oxygen atoms in total. The van der Waals surface area contributed by atoms with Crippen molar-refractivity contribution in [2.24, 2.45) is 5.92 Å². The number of nitrogen functional groups attached to an aromatic ring is 1. The molecular formula is C27H31F2N5O4S. The summed E-state index contributed by atoms with van der Waals surface area (Å²) in [6.45, 7) is 9.91. The molecule has 1 saturated heterocycles. The van der Waals surface area contributed by atoms with Gasteiger partial charge in [0.1, 0.15) is 11.6 Å². The molecule has 39 heavy (non-hydrogen) atoms. The molecule has 3 heterocycles. The summed E-state index contributed by atoms with van der Waals surface area (Å²) < 4.78 is 62.6. The molecule has 1 unspecified atom stereocenters. The Bertz CT molecular complexity index is 1510. The van der Waals surface area contributed by atoms with Crippen molar-refractivity contribution in [3.63, 3.8) is 0 Å². The van der Waals surface area contributed by atoms with Gasteiger partial charge in [-0.05, 0) is 76.4 Å². The van der Waals surface area contributed by atoms with Crippen molar-refractivity contribution in [1.29, 1.82) is 0 Å². The first-order valence-electron chi connectivity index (χ1n) is 12.4. The second-order valence-corrected chi connectivity index (χ2v) is 12.0. The van der Waals surface area contributed by atoms with Crippen LogP contribution < -0.4 is 20.1 Å². The summed E-state index contributed by atoms with van der Waals surface area (Å²) in [5, 5.41) is -0.410. The Balaban J connectivity index is 1.79. The van der Waals surface area contributed by atoms with E-state index in [0.717, 1.165) is 18.6 Å². The highest BCUT2D eigenvalue weighted by atomic mass is 32.2. The molecule has 1 aliphatic rings. The van der Waals surface area contributed by atoms with Crippen molar-refractivity contribution >= 4 is 27.6 Å². The second-order valence-electron chi connectivity index (χ2n) is 10.3. The standard InChI is InChI=1S/C27H31F2N5O4S/c1-15(2)38-24-19(28)13-17(14-20(24)29)21-10-9-18(25(31-21)34-12-11-16(3)27(34,4)5)26(35)33-39(36,37)23-8-6-7-22(30)32-23/h6-10,13-16H,11-12H2,1-5H3,(H2,30,32)(H,33,35). The van der Waals surface area contributed by atoms with Crippen LogP contribution in [0.4, 0.5) is 20.4 Å². The van der Waals surface area contributed by atoms with E-state index in [1.165, 1.54) is 30.3 Å². The zero-order valence-corrected chi connectivity index (χ0v) is 23.1. The highest BCUT2D eigenvalue weighted by Crippen LogP contribution is 2.40. The van der Waals surface area contributed by atoms with Crippen LogP contribution in [0.1, 0.15) is 51.4 Å². The molecule has 0 bridgehead atoms. The van der Waals surface area contributed by atoms with Gasteiger partial charge in [0.15, 0.2) is 22.4 Å². The fourth-order valence-corrected chi connectivity index (χ4v) is 5.41. The molecule has 1 amide bonds. The summed E-state index contributed by atoms with van der Waals surface area (Å²) in [4.78, 5) is 23.7. The summed E-state index contributed by atoms with van der Waals surface area (Å²) in [7, 11) is -4.35. The topological polar surface area (TPSA) is 128 Å². The van der Waals surface area contributed by atoms with Crippen LogP contribution >= 0.6 is 0 Å². The first-order valence-corrected chi connectivity index (χ1v) is 13.9. The number of hydrogen-bond acceptors (Lipinski definition) is 8. The number of amides is 1. The van der Waals surface area contributed by atoms with E-state index < -0.39 is 50.0 Å². The molecule has 1 atom stereocenters. The number of sulfonamides is 1. The van der Waals surface area contributed by atoms with Crippen molar-refractivity contribution in [3.05, 3.63) is 59.7 Å². The Labute approximate surface area is 226 Å². The van der Waals surface area contributed by atoms with Gasteiger partial charge in [0.2, 0.25) is 0 Å². The molecule has 208 valence electrons. The summed E-state index contributed by atoms with van der Waals surface area (Å²) in [5.41, 5.74) is 5.48. The third-order valence-corrected chi connectivity index (χ3v) is 8.19. The van der Waals surface area contributed by atoms with Crippen molar-refractivity contribution in [2.45, 2.75) is 57.7 Å². The van der Waals surface area contributed by atoms with E-state index >= 15 is 0 Å². The molecule has 0 aliphatic carbocycles. The number of ether oxygens (including phenoxy) is 1. The number of nitrogens with zero attached hydrogens (tertiary/aromatic N) is 3. The lowest BCUT2D eigenvalue weighted by atomic mass is 9.90. The van der Waals surface area contributed by atoms with Gasteiger partial charge in [0.05, 0.1) is 17.4 Å². The lowest BCUT2D eigenvalue weighted by molar-refractivity contribution is 0.0981. The second kappa shape index (κ2) is 10.4. The number of carbonyl (C=O) groups is 1. The number of halogens is 2. The van der Waals surface area contributed by atoms with Crippen LogP contribution in [0.2, 0.25) is 0 Å². The van der Waals surface area contributed by atoms with Crippen molar-refractivity contribution in [2.75, 3.05) is 17.2 Å². The van der Waals surface area contributed by atoms with Gasteiger partial charge >= 0.3 is 0 Å². The van der Waals surface area contributed by atoms with Gasteiger partial charge in [0, 0.05) is 17.6 Å². The van der Waals surface area contributed by atoms with Gasteiger partial charge in [-0.2, -0.15) is 8.42 Å². The molecule has 1 fully saturated rings. The van der Waals surface area contributed by atoms with E-state index in [2.05, 4.69) is 16.9 Å². The van der Waals surface area contributed by atoms with Crippen LogP contribution in [-0.4, -0.2) is 42.5 Å². The Kier molecular flexibility index (Phi) is 7.53. The number of benzene rings is 1. The highest BCUT2D eigenvalue weighted by Gasteiger charge is 2.41. The van der Waals surface area contributed by atoms with E-state index in [1.807, 2.05) is 23.5 Å². The lowest BCUT2D eigenvalue weighted by Crippen LogP contribution is -2.43. The summed E-state index contributed by atoms with van der Waals surface area (Å²) >= 11 is 0. The van der Waals surface area contributed by atoms with Gasteiger partial charge in [-0.1, -0.05) is 13.0 Å². The fourth-order valence-electron chi connectivity index (χ4n) is 4.47. The third kappa shape index (κ3) is 5.65. The summed E-state index contributed by atoms with van der Waals surface area (Å²) in [6, 6.07) is 9.07. The molecule has 0 radical (unpaired) electrons. The zero-order chi connectivity index (χ0) is 28.7. The molecule has 0 saturated carbocycles. The zero-order valence-electron chi connectivity index (χ0n) is 22.3. The van der Waals surface area contributed by atoms with E-state index in [1.54, 1.807) is 13.8 Å². The maximum atomic E-state index is 14.8. The van der Waals surface area contributed by atoms with E-state index in [0.29, 0.717) is 6.54 Å². The normalized spacial score (nSPS) is 16.9. The minimum Gasteiger partial charge on any atom is -0.485 e. The first-order chi connectivity index (χ1) is 18.2. The maximum absolute atomic E-state index is 14.8. The Hall–Kier alpha value is -3.80. The molecule has 1 aromatic carbocycles. The van der Waals surface area contributed by atoms with Gasteiger partial charge in [-0.15, -0.1) is 0 Å². The van der Waals surface area contributed by atoms with Gasteiger partial charge in [-0.25, -0.2) is 23.5 Å². The molecule has 0 spiro atoms. The van der Waals surface area contributed by atoms with Gasteiger partial charge in [0.25, 0.3) is 15.9 Å². The molecule has 1 aliphatic heterocycles. The number of carbonyl (C=O) groups excluding carboxylic acids is 1.